The number of benzene rings is 2. The number of likely N-dealkylation sites (tertiary alicyclic amines) is 1. The van der Waals surface area contributed by atoms with Crippen LogP contribution in [0.2, 0.25) is 0 Å². The van der Waals surface area contributed by atoms with Gasteiger partial charge in [0.05, 0.1) is 12.0 Å². The second-order valence-electron chi connectivity index (χ2n) is 8.95. The lowest BCUT2D eigenvalue weighted by atomic mass is 9.75. The van der Waals surface area contributed by atoms with Crippen molar-refractivity contribution in [2.24, 2.45) is 5.92 Å². The van der Waals surface area contributed by atoms with Crippen molar-refractivity contribution >= 4 is 33.8 Å². The highest BCUT2D eigenvalue weighted by molar-refractivity contribution is 9.10. The number of carbonyl (C=O) groups excluding carboxylic acids is 1. The summed E-state index contributed by atoms with van der Waals surface area (Å²) in [5.74, 6) is 1.70. The monoisotopic (exact) mass is 489 g/mol. The van der Waals surface area contributed by atoms with Crippen LogP contribution in [0.25, 0.3) is 0 Å². The maximum Gasteiger partial charge on any atom is 0.410 e. The summed E-state index contributed by atoms with van der Waals surface area (Å²) in [5, 5.41) is 0. The summed E-state index contributed by atoms with van der Waals surface area (Å²) in [4.78, 5) is 16.8. The fourth-order valence-corrected chi connectivity index (χ4v) is 6.22. The lowest BCUT2D eigenvalue weighted by molar-refractivity contribution is 0.0178. The molecule has 2 heterocycles. The number of carbonyl (C=O) groups is 1. The van der Waals surface area contributed by atoms with Crippen molar-refractivity contribution < 1.29 is 14.3 Å². The molecule has 0 bridgehead atoms. The number of nitrogens with zero attached hydrogens (tertiary/aromatic N) is 1. The maximum absolute atomic E-state index is 12.5. The van der Waals surface area contributed by atoms with Gasteiger partial charge in [0, 0.05) is 28.4 Å². The van der Waals surface area contributed by atoms with Crippen LogP contribution in [-0.2, 0) is 4.74 Å². The van der Waals surface area contributed by atoms with Gasteiger partial charge in [0.2, 0.25) is 0 Å². The van der Waals surface area contributed by atoms with E-state index in [4.69, 9.17) is 9.47 Å². The van der Waals surface area contributed by atoms with E-state index in [1.807, 2.05) is 31.7 Å². The molecule has 1 fully saturated rings. The Hall–Kier alpha value is -1.66. The topological polar surface area (TPSA) is 38.8 Å². The van der Waals surface area contributed by atoms with E-state index in [0.717, 1.165) is 36.2 Å². The number of rotatable bonds is 2. The van der Waals surface area contributed by atoms with Gasteiger partial charge in [0.1, 0.15) is 11.4 Å². The van der Waals surface area contributed by atoms with Crippen molar-refractivity contribution in [1.82, 2.24) is 4.90 Å². The van der Waals surface area contributed by atoms with E-state index in [9.17, 15) is 4.79 Å². The van der Waals surface area contributed by atoms with Gasteiger partial charge < -0.3 is 14.4 Å². The minimum absolute atomic E-state index is 0.202. The summed E-state index contributed by atoms with van der Waals surface area (Å²) in [6.45, 7) is 7.20. The zero-order valence-electron chi connectivity index (χ0n) is 17.9. The van der Waals surface area contributed by atoms with Gasteiger partial charge >= 0.3 is 6.09 Å². The molecule has 1 saturated heterocycles. The summed E-state index contributed by atoms with van der Waals surface area (Å²) in [6.07, 6.45) is 1.72. The van der Waals surface area contributed by atoms with Gasteiger partial charge in [-0.1, -0.05) is 45.9 Å². The van der Waals surface area contributed by atoms with Crippen molar-refractivity contribution in [2.45, 2.75) is 54.9 Å². The molecule has 0 aliphatic carbocycles. The van der Waals surface area contributed by atoms with Crippen LogP contribution in [0.1, 0.15) is 50.7 Å². The van der Waals surface area contributed by atoms with Gasteiger partial charge in [-0.25, -0.2) is 4.79 Å². The van der Waals surface area contributed by atoms with Gasteiger partial charge in [0.15, 0.2) is 0 Å². The number of ether oxygens (including phenoxy) is 2. The summed E-state index contributed by atoms with van der Waals surface area (Å²) in [7, 11) is 1.74. The van der Waals surface area contributed by atoms with Crippen molar-refractivity contribution in [3.05, 3.63) is 52.0 Å². The molecule has 0 saturated carbocycles. The number of piperidine rings is 1. The fourth-order valence-electron chi connectivity index (χ4n) is 4.43. The van der Waals surface area contributed by atoms with Crippen LogP contribution in [0, 0.1) is 5.92 Å². The number of hydrogen-bond acceptors (Lipinski definition) is 4. The Morgan fingerprint density at radius 2 is 1.87 bits per heavy atom. The van der Waals surface area contributed by atoms with Crippen LogP contribution in [0.3, 0.4) is 0 Å². The second-order valence-corrected chi connectivity index (χ2v) is 10.9. The van der Waals surface area contributed by atoms with Crippen LogP contribution in [0.15, 0.2) is 50.7 Å². The summed E-state index contributed by atoms with van der Waals surface area (Å²) >= 11 is 5.41. The third-order valence-corrected chi connectivity index (χ3v) is 7.46. The van der Waals surface area contributed by atoms with Crippen molar-refractivity contribution in [1.29, 1.82) is 0 Å². The molecular weight excluding hydrogens is 462 g/mol. The lowest BCUT2D eigenvalue weighted by Crippen LogP contribution is -2.42. The van der Waals surface area contributed by atoms with Crippen LogP contribution < -0.4 is 4.74 Å². The van der Waals surface area contributed by atoms with Gasteiger partial charge in [-0.05, 0) is 68.9 Å². The molecule has 2 aromatic rings. The molecule has 0 unspecified atom stereocenters. The molecule has 2 aliphatic heterocycles. The number of methoxy groups -OCH3 is 1. The van der Waals surface area contributed by atoms with Gasteiger partial charge in [-0.3, -0.25) is 0 Å². The third-order valence-electron chi connectivity index (χ3n) is 5.75. The van der Waals surface area contributed by atoms with E-state index >= 15 is 0 Å². The van der Waals surface area contributed by atoms with Gasteiger partial charge in [-0.15, -0.1) is 0 Å². The van der Waals surface area contributed by atoms with E-state index < -0.39 is 5.60 Å². The van der Waals surface area contributed by atoms with Crippen LogP contribution in [-0.4, -0.2) is 36.8 Å². The Labute approximate surface area is 191 Å². The van der Waals surface area contributed by atoms with E-state index in [1.165, 1.54) is 20.9 Å². The molecule has 0 N–H and O–H groups in total. The second kappa shape index (κ2) is 8.46. The largest absolute Gasteiger partial charge is 0.496 e. The van der Waals surface area contributed by atoms with Crippen molar-refractivity contribution in [2.75, 3.05) is 20.2 Å². The quantitative estimate of drug-likeness (QED) is 0.470. The van der Waals surface area contributed by atoms with Crippen LogP contribution in [0.4, 0.5) is 4.79 Å². The molecular formula is C24H28BrNO3S. The van der Waals surface area contributed by atoms with E-state index in [1.54, 1.807) is 18.9 Å². The van der Waals surface area contributed by atoms with E-state index in [2.05, 4.69) is 46.3 Å². The molecule has 1 amide bonds. The van der Waals surface area contributed by atoms with Gasteiger partial charge in [-0.2, -0.15) is 0 Å². The molecule has 2 aliphatic rings. The lowest BCUT2D eigenvalue weighted by Gasteiger charge is -2.39. The smallest absolute Gasteiger partial charge is 0.410 e. The number of amides is 1. The molecule has 1 atom stereocenters. The normalized spacial score (nSPS) is 19.1. The average Bonchev–Trinajstić information content (AvgIpc) is 2.70. The minimum atomic E-state index is -0.462. The summed E-state index contributed by atoms with van der Waals surface area (Å²) in [5.41, 5.74) is 2.25. The Balaban J connectivity index is 1.61. The molecule has 0 radical (unpaired) electrons. The predicted octanol–water partition coefficient (Wildman–Crippen LogP) is 6.70. The zero-order chi connectivity index (χ0) is 21.5. The van der Waals surface area contributed by atoms with Crippen LogP contribution in [0.5, 0.6) is 5.75 Å². The predicted molar refractivity (Wildman–Crippen MR) is 124 cm³/mol. The highest BCUT2D eigenvalue weighted by Gasteiger charge is 2.37. The molecule has 160 valence electrons. The molecule has 30 heavy (non-hydrogen) atoms. The van der Waals surface area contributed by atoms with E-state index in [-0.39, 0.29) is 6.09 Å². The molecule has 0 aromatic heterocycles. The first-order chi connectivity index (χ1) is 14.3. The first-order valence-electron chi connectivity index (χ1n) is 10.4. The first-order valence-corrected chi connectivity index (χ1v) is 12.0. The van der Waals surface area contributed by atoms with Crippen molar-refractivity contribution in [3.63, 3.8) is 0 Å². The standard InChI is InChI=1S/C24H28BrNO3S/c1-24(2,3)29-23(27)26-12-10-15(11-13-26)21-17-9-8-16(25)14-20(17)30-22-18(21)6-5-7-19(22)28-4/h5-9,14-15,21H,10-13H2,1-4H3/t21-/m1/s1. The Morgan fingerprint density at radius 3 is 2.53 bits per heavy atom. The van der Waals surface area contributed by atoms with Crippen LogP contribution >= 0.6 is 27.7 Å². The van der Waals surface area contributed by atoms with E-state index in [0.29, 0.717) is 11.8 Å². The molecule has 2 aromatic carbocycles. The minimum Gasteiger partial charge on any atom is -0.496 e. The Kier molecular flexibility index (Phi) is 6.08. The summed E-state index contributed by atoms with van der Waals surface area (Å²) in [6, 6.07) is 13.0. The molecule has 6 heteroatoms. The number of halogens is 1. The molecule has 4 rings (SSSR count). The SMILES string of the molecule is COc1cccc2c1Sc1cc(Br)ccc1[C@H]2C1CCN(C(=O)OC(C)(C)C)CC1. The Bertz CT molecular complexity index is 948. The van der Waals surface area contributed by atoms with Gasteiger partial charge in [0.25, 0.3) is 0 Å². The fraction of sp³-hybridized carbons (Fsp3) is 0.458. The average molecular weight is 490 g/mol. The zero-order valence-corrected chi connectivity index (χ0v) is 20.3. The molecule has 0 spiro atoms. The summed E-state index contributed by atoms with van der Waals surface area (Å²) < 4.78 is 12.4. The highest BCUT2D eigenvalue weighted by atomic mass is 79.9. The van der Waals surface area contributed by atoms with Crippen molar-refractivity contribution in [3.8, 4) is 5.75 Å². The highest BCUT2D eigenvalue weighted by Crippen LogP contribution is 2.53. The first kappa shape index (κ1) is 21.6. The third kappa shape index (κ3) is 4.35. The maximum atomic E-state index is 12.5. The molecule has 4 nitrogen and oxygen atoms in total. The Morgan fingerprint density at radius 1 is 1.13 bits per heavy atom. The number of fused-ring (bicyclic) bond motifs is 2. The number of hydrogen-bond donors (Lipinski definition) is 0.